The van der Waals surface area contributed by atoms with E-state index >= 15 is 0 Å². The van der Waals surface area contributed by atoms with E-state index in [2.05, 4.69) is 5.32 Å². The number of amides is 1. The molecule has 0 aromatic rings. The number of nitrogens with zero attached hydrogens (tertiary/aromatic N) is 1. The van der Waals surface area contributed by atoms with Crippen LogP contribution < -0.4 is 11.1 Å². The summed E-state index contributed by atoms with van der Waals surface area (Å²) in [7, 11) is 1.92. The van der Waals surface area contributed by atoms with Crippen molar-refractivity contribution in [3.8, 4) is 0 Å². The lowest BCUT2D eigenvalue weighted by molar-refractivity contribution is -0.206. The molecule has 2 heterocycles. The maximum atomic E-state index is 12.7. The predicted molar refractivity (Wildman–Crippen MR) is 93.9 cm³/mol. The highest BCUT2D eigenvalue weighted by Crippen LogP contribution is 2.38. The zero-order chi connectivity index (χ0) is 18.3. The molecule has 0 aromatic heterocycles. The van der Waals surface area contributed by atoms with Gasteiger partial charge in [-0.15, -0.1) is 11.8 Å². The van der Waals surface area contributed by atoms with Crippen molar-refractivity contribution in [2.75, 3.05) is 19.8 Å². The lowest BCUT2D eigenvalue weighted by atomic mass is 9.91. The van der Waals surface area contributed by atoms with Crippen LogP contribution in [0, 0.1) is 5.92 Å². The fraction of sp³-hybridized carbons (Fsp3) is 0.938. The van der Waals surface area contributed by atoms with Gasteiger partial charge >= 0.3 is 0 Å². The van der Waals surface area contributed by atoms with E-state index in [0.29, 0.717) is 0 Å². The molecule has 3 rings (SSSR count). The standard InChI is InChI=1S/C16H29N3O5S/c1-19-5-3-4-9(19)15(23)18-10(7-6-8(7)17)14-12(21)11(20)13(22)16(24-14)25-2/h7-14,16,20-22H,3-6,17H2,1-2H3,(H,18,23)/t7-,8-,9-,10+,11-,12+,13+,14+,16+/m0/s1. The Labute approximate surface area is 152 Å². The van der Waals surface area contributed by atoms with Gasteiger partial charge in [-0.25, -0.2) is 0 Å². The third-order valence-corrected chi connectivity index (χ3v) is 6.53. The van der Waals surface area contributed by atoms with Crippen LogP contribution in [-0.2, 0) is 9.53 Å². The molecule has 0 radical (unpaired) electrons. The summed E-state index contributed by atoms with van der Waals surface area (Å²) in [5.41, 5.74) is 5.33. The van der Waals surface area contributed by atoms with Crippen molar-refractivity contribution in [1.29, 1.82) is 0 Å². The van der Waals surface area contributed by atoms with Crippen LogP contribution in [-0.4, -0.2) is 94.0 Å². The monoisotopic (exact) mass is 375 g/mol. The summed E-state index contributed by atoms with van der Waals surface area (Å²) in [5, 5.41) is 33.7. The lowest BCUT2D eigenvalue weighted by Gasteiger charge is -2.43. The molecule has 1 aliphatic carbocycles. The first kappa shape index (κ1) is 19.3. The van der Waals surface area contributed by atoms with Gasteiger partial charge in [0.25, 0.3) is 0 Å². The molecule has 9 heteroatoms. The molecular weight excluding hydrogens is 346 g/mol. The molecule has 0 spiro atoms. The van der Waals surface area contributed by atoms with E-state index in [1.807, 2.05) is 11.9 Å². The number of carbonyl (C=O) groups is 1. The average Bonchev–Trinajstić information content (AvgIpc) is 3.14. The maximum absolute atomic E-state index is 12.7. The lowest BCUT2D eigenvalue weighted by Crippen LogP contribution is -2.64. The Morgan fingerprint density at radius 1 is 1.32 bits per heavy atom. The minimum atomic E-state index is -1.32. The first-order chi connectivity index (χ1) is 11.8. The highest BCUT2D eigenvalue weighted by Gasteiger charge is 2.53. The third kappa shape index (κ3) is 3.83. The predicted octanol–water partition coefficient (Wildman–Crippen LogP) is -1.92. The number of thioether (sulfide) groups is 1. The summed E-state index contributed by atoms with van der Waals surface area (Å²) in [6.07, 6.45) is -0.298. The fourth-order valence-corrected chi connectivity index (χ4v) is 4.63. The molecule has 3 aliphatic rings. The van der Waals surface area contributed by atoms with Crippen molar-refractivity contribution < 1.29 is 24.9 Å². The van der Waals surface area contributed by atoms with Crippen LogP contribution in [0.1, 0.15) is 19.3 Å². The molecule has 0 aromatic carbocycles. The molecule has 144 valence electrons. The van der Waals surface area contributed by atoms with E-state index in [9.17, 15) is 20.1 Å². The molecule has 25 heavy (non-hydrogen) atoms. The van der Waals surface area contributed by atoms with Crippen LogP contribution in [0.2, 0.25) is 0 Å². The van der Waals surface area contributed by atoms with E-state index in [1.54, 1.807) is 6.26 Å². The van der Waals surface area contributed by atoms with Crippen LogP contribution in [0.5, 0.6) is 0 Å². The van der Waals surface area contributed by atoms with E-state index in [1.165, 1.54) is 11.8 Å². The van der Waals surface area contributed by atoms with E-state index in [4.69, 9.17) is 10.5 Å². The summed E-state index contributed by atoms with van der Waals surface area (Å²) in [5.74, 6) is -0.0959. The largest absolute Gasteiger partial charge is 0.388 e. The van der Waals surface area contributed by atoms with Gasteiger partial charge in [-0.1, -0.05) is 0 Å². The first-order valence-electron chi connectivity index (χ1n) is 8.83. The van der Waals surface area contributed by atoms with Crippen LogP contribution in [0.25, 0.3) is 0 Å². The molecule has 3 fully saturated rings. The molecule has 1 amide bonds. The average molecular weight is 375 g/mol. The van der Waals surface area contributed by atoms with E-state index in [-0.39, 0.29) is 23.9 Å². The molecule has 9 atom stereocenters. The van der Waals surface area contributed by atoms with Gasteiger partial charge in [-0.2, -0.15) is 0 Å². The molecule has 1 saturated carbocycles. The number of likely N-dealkylation sites (N-methyl/N-ethyl adjacent to an activating group) is 1. The van der Waals surface area contributed by atoms with Crippen LogP contribution in [0.4, 0.5) is 0 Å². The van der Waals surface area contributed by atoms with E-state index in [0.717, 1.165) is 25.8 Å². The Morgan fingerprint density at radius 2 is 2.00 bits per heavy atom. The molecule has 6 N–H and O–H groups in total. The highest BCUT2D eigenvalue weighted by molar-refractivity contribution is 7.99. The number of carbonyl (C=O) groups excluding carboxylic acids is 1. The quantitative estimate of drug-likeness (QED) is 0.376. The Kier molecular flexibility index (Phi) is 5.94. The van der Waals surface area contributed by atoms with Gasteiger partial charge in [0.15, 0.2) is 0 Å². The number of ether oxygens (including phenoxy) is 1. The number of likely N-dealkylation sites (tertiary alicyclic amines) is 1. The number of rotatable bonds is 5. The van der Waals surface area contributed by atoms with Gasteiger partial charge in [-0.05, 0) is 45.0 Å². The summed E-state index contributed by atoms with van der Waals surface area (Å²) in [6.45, 7) is 0.883. The molecule has 0 bridgehead atoms. The Bertz CT molecular complexity index is 496. The third-order valence-electron chi connectivity index (χ3n) is 5.68. The Hall–Kier alpha value is -0.420. The van der Waals surface area contributed by atoms with E-state index < -0.39 is 35.9 Å². The summed E-state index contributed by atoms with van der Waals surface area (Å²) >= 11 is 1.26. The Morgan fingerprint density at radius 3 is 2.52 bits per heavy atom. The van der Waals surface area contributed by atoms with Crippen molar-refractivity contribution in [2.24, 2.45) is 11.7 Å². The second kappa shape index (κ2) is 7.67. The van der Waals surface area contributed by atoms with Crippen molar-refractivity contribution in [2.45, 2.75) is 67.2 Å². The Balaban J connectivity index is 1.75. The van der Waals surface area contributed by atoms with Crippen LogP contribution in [0.15, 0.2) is 0 Å². The van der Waals surface area contributed by atoms with Crippen LogP contribution in [0.3, 0.4) is 0 Å². The summed E-state index contributed by atoms with van der Waals surface area (Å²) in [4.78, 5) is 14.7. The number of nitrogens with one attached hydrogen (secondary N) is 1. The molecule has 2 aliphatic heterocycles. The van der Waals surface area contributed by atoms with Crippen molar-refractivity contribution in [1.82, 2.24) is 10.2 Å². The zero-order valence-electron chi connectivity index (χ0n) is 14.6. The second-order valence-corrected chi connectivity index (χ2v) is 8.35. The number of aliphatic hydroxyl groups excluding tert-OH is 3. The maximum Gasteiger partial charge on any atom is 0.237 e. The number of aliphatic hydroxyl groups is 3. The van der Waals surface area contributed by atoms with Crippen LogP contribution >= 0.6 is 11.8 Å². The fourth-order valence-electron chi connectivity index (χ4n) is 3.95. The second-order valence-electron chi connectivity index (χ2n) is 7.41. The highest BCUT2D eigenvalue weighted by atomic mass is 32.2. The zero-order valence-corrected chi connectivity index (χ0v) is 15.4. The van der Waals surface area contributed by atoms with Crippen molar-refractivity contribution in [3.05, 3.63) is 0 Å². The molecule has 8 nitrogen and oxygen atoms in total. The normalized spacial score (nSPS) is 46.0. The topological polar surface area (TPSA) is 128 Å². The van der Waals surface area contributed by atoms with Gasteiger partial charge < -0.3 is 31.1 Å². The SMILES string of the molecule is CS[C@H]1O[C@H]([C@H](NC(=O)[C@@H]2CCCN2C)[C@H]2C[C@@H]2N)[C@H](O)[C@H](O)[C@H]1O. The van der Waals surface area contributed by atoms with Gasteiger partial charge in [0.05, 0.1) is 12.1 Å². The number of hydrogen-bond donors (Lipinski definition) is 5. The van der Waals surface area contributed by atoms with Gasteiger partial charge in [0, 0.05) is 6.04 Å². The summed E-state index contributed by atoms with van der Waals surface area (Å²) in [6, 6.07) is -0.729. The smallest absolute Gasteiger partial charge is 0.237 e. The number of hydrogen-bond acceptors (Lipinski definition) is 8. The molecular formula is C16H29N3O5S. The summed E-state index contributed by atoms with van der Waals surface area (Å²) < 4.78 is 5.85. The number of nitrogens with two attached hydrogens (primary N) is 1. The molecule has 0 unspecified atom stereocenters. The van der Waals surface area contributed by atoms with Gasteiger partial charge in [-0.3, -0.25) is 9.69 Å². The minimum Gasteiger partial charge on any atom is -0.388 e. The first-order valence-corrected chi connectivity index (χ1v) is 10.1. The van der Waals surface area contributed by atoms with Crippen molar-refractivity contribution >= 4 is 17.7 Å². The molecule has 2 saturated heterocycles. The van der Waals surface area contributed by atoms with Gasteiger partial charge in [0.1, 0.15) is 29.9 Å². The van der Waals surface area contributed by atoms with Crippen molar-refractivity contribution in [3.63, 3.8) is 0 Å². The van der Waals surface area contributed by atoms with Gasteiger partial charge in [0.2, 0.25) is 5.91 Å². The minimum absolute atomic E-state index is 0.000239.